The summed E-state index contributed by atoms with van der Waals surface area (Å²) in [7, 11) is 0. The van der Waals surface area contributed by atoms with Crippen LogP contribution < -0.4 is 0 Å². The van der Waals surface area contributed by atoms with Gasteiger partial charge in [0.1, 0.15) is 11.9 Å². The molecule has 5 heteroatoms. The maximum Gasteiger partial charge on any atom is 0.320 e. The molecule has 4 nitrogen and oxygen atoms in total. The predicted octanol–water partition coefficient (Wildman–Crippen LogP) is 2.06. The van der Waals surface area contributed by atoms with E-state index in [0.717, 1.165) is 5.56 Å². The van der Waals surface area contributed by atoms with Crippen molar-refractivity contribution in [1.29, 1.82) is 0 Å². The van der Waals surface area contributed by atoms with Crippen molar-refractivity contribution in [3.63, 3.8) is 0 Å². The summed E-state index contributed by atoms with van der Waals surface area (Å²) in [6, 6.07) is 5.60. The molecule has 1 heterocycles. The first-order valence-corrected chi connectivity index (χ1v) is 6.35. The molecular formula is C14H18FNO3. The average Bonchev–Trinajstić information content (AvgIpc) is 2.37. The lowest BCUT2D eigenvalue weighted by Gasteiger charge is -2.38. The van der Waals surface area contributed by atoms with E-state index >= 15 is 0 Å². The van der Waals surface area contributed by atoms with Crippen LogP contribution >= 0.6 is 0 Å². The Balaban J connectivity index is 2.13. The van der Waals surface area contributed by atoms with Gasteiger partial charge in [0.05, 0.1) is 12.2 Å². The van der Waals surface area contributed by atoms with Crippen LogP contribution in [0.3, 0.4) is 0 Å². The first-order valence-electron chi connectivity index (χ1n) is 6.35. The number of nitrogens with zero attached hydrogens (tertiary/aromatic N) is 1. The minimum absolute atomic E-state index is 0.0504. The second-order valence-electron chi connectivity index (χ2n) is 4.96. The van der Waals surface area contributed by atoms with Gasteiger partial charge in [-0.1, -0.05) is 12.1 Å². The number of halogens is 1. The van der Waals surface area contributed by atoms with E-state index in [9.17, 15) is 9.18 Å². The van der Waals surface area contributed by atoms with Crippen molar-refractivity contribution in [2.24, 2.45) is 0 Å². The van der Waals surface area contributed by atoms with Gasteiger partial charge in [0.2, 0.25) is 0 Å². The van der Waals surface area contributed by atoms with Gasteiger partial charge in [0.15, 0.2) is 0 Å². The van der Waals surface area contributed by atoms with Gasteiger partial charge in [-0.3, -0.25) is 9.69 Å². The third-order valence-corrected chi connectivity index (χ3v) is 3.44. The van der Waals surface area contributed by atoms with E-state index in [1.165, 1.54) is 12.1 Å². The summed E-state index contributed by atoms with van der Waals surface area (Å²) in [4.78, 5) is 12.9. The van der Waals surface area contributed by atoms with E-state index in [1.54, 1.807) is 19.1 Å². The fraction of sp³-hybridized carbons (Fsp3) is 0.500. The molecular weight excluding hydrogens is 249 g/mol. The van der Waals surface area contributed by atoms with Crippen LogP contribution in [-0.2, 0) is 9.53 Å². The SMILES string of the molecule is C[C@@H]1CN([C@H](C)C(=O)O)C[C@@H](c2ccc(F)cc2)O1. The van der Waals surface area contributed by atoms with E-state index in [-0.39, 0.29) is 18.0 Å². The number of carbonyl (C=O) groups is 1. The maximum absolute atomic E-state index is 12.9. The minimum Gasteiger partial charge on any atom is -0.480 e. The molecule has 0 radical (unpaired) electrons. The van der Waals surface area contributed by atoms with Crippen molar-refractivity contribution in [3.8, 4) is 0 Å². The monoisotopic (exact) mass is 267 g/mol. The Kier molecular flexibility index (Phi) is 4.17. The van der Waals surface area contributed by atoms with Crippen molar-refractivity contribution >= 4 is 5.97 Å². The summed E-state index contributed by atoms with van der Waals surface area (Å²) in [6.07, 6.45) is -0.267. The lowest BCUT2D eigenvalue weighted by atomic mass is 10.1. The topological polar surface area (TPSA) is 49.8 Å². The molecule has 19 heavy (non-hydrogen) atoms. The average molecular weight is 267 g/mol. The number of hydrogen-bond acceptors (Lipinski definition) is 3. The van der Waals surface area contributed by atoms with Gasteiger partial charge < -0.3 is 9.84 Å². The molecule has 1 aliphatic rings. The number of benzene rings is 1. The van der Waals surface area contributed by atoms with E-state index in [4.69, 9.17) is 9.84 Å². The molecule has 1 N–H and O–H groups in total. The highest BCUT2D eigenvalue weighted by molar-refractivity contribution is 5.72. The molecule has 0 bridgehead atoms. The fourth-order valence-electron chi connectivity index (χ4n) is 2.32. The number of carboxylic acids is 1. The second-order valence-corrected chi connectivity index (χ2v) is 4.96. The molecule has 0 amide bonds. The summed E-state index contributed by atoms with van der Waals surface area (Å²) in [5, 5.41) is 9.08. The Morgan fingerprint density at radius 1 is 1.42 bits per heavy atom. The van der Waals surface area contributed by atoms with Crippen LogP contribution in [0.1, 0.15) is 25.5 Å². The first-order chi connectivity index (χ1) is 8.97. The number of hydrogen-bond donors (Lipinski definition) is 1. The van der Waals surface area contributed by atoms with E-state index in [1.807, 2.05) is 11.8 Å². The molecule has 0 aromatic heterocycles. The number of rotatable bonds is 3. The molecule has 0 unspecified atom stereocenters. The van der Waals surface area contributed by atoms with Crippen LogP contribution in [-0.4, -0.2) is 41.2 Å². The molecule has 104 valence electrons. The second kappa shape index (κ2) is 5.67. The summed E-state index contributed by atoms with van der Waals surface area (Å²) < 4.78 is 18.7. The summed E-state index contributed by atoms with van der Waals surface area (Å²) in [6.45, 7) is 4.67. The Hall–Kier alpha value is -1.46. The van der Waals surface area contributed by atoms with Gasteiger partial charge in [-0.2, -0.15) is 0 Å². The van der Waals surface area contributed by atoms with Crippen LogP contribution in [0.4, 0.5) is 4.39 Å². The van der Waals surface area contributed by atoms with Crippen molar-refractivity contribution < 1.29 is 19.0 Å². The fourth-order valence-corrected chi connectivity index (χ4v) is 2.32. The van der Waals surface area contributed by atoms with Gasteiger partial charge in [-0.05, 0) is 31.5 Å². The largest absolute Gasteiger partial charge is 0.480 e. The summed E-state index contributed by atoms with van der Waals surface area (Å²) in [5.41, 5.74) is 0.871. The number of aliphatic carboxylic acids is 1. The molecule has 1 aromatic rings. The molecule has 1 aromatic carbocycles. The van der Waals surface area contributed by atoms with Crippen molar-refractivity contribution in [3.05, 3.63) is 35.6 Å². The van der Waals surface area contributed by atoms with Crippen molar-refractivity contribution in [1.82, 2.24) is 4.90 Å². The lowest BCUT2D eigenvalue weighted by molar-refractivity contribution is -0.148. The Labute approximate surface area is 111 Å². The quantitative estimate of drug-likeness (QED) is 0.910. The van der Waals surface area contributed by atoms with E-state index in [0.29, 0.717) is 13.1 Å². The highest BCUT2D eigenvalue weighted by Gasteiger charge is 2.31. The minimum atomic E-state index is -0.841. The van der Waals surface area contributed by atoms with E-state index < -0.39 is 12.0 Å². The van der Waals surface area contributed by atoms with Crippen LogP contribution in [0.15, 0.2) is 24.3 Å². The zero-order valence-corrected chi connectivity index (χ0v) is 11.0. The maximum atomic E-state index is 12.9. The smallest absolute Gasteiger partial charge is 0.320 e. The third-order valence-electron chi connectivity index (χ3n) is 3.44. The molecule has 0 aliphatic carbocycles. The first kappa shape index (κ1) is 14.0. The molecule has 1 saturated heterocycles. The van der Waals surface area contributed by atoms with Crippen LogP contribution in [0.5, 0.6) is 0 Å². The summed E-state index contributed by atoms with van der Waals surface area (Å²) >= 11 is 0. The number of carboxylic acid groups (broad SMARTS) is 1. The van der Waals surface area contributed by atoms with Gasteiger partial charge in [-0.15, -0.1) is 0 Å². The Morgan fingerprint density at radius 2 is 2.05 bits per heavy atom. The van der Waals surface area contributed by atoms with Gasteiger partial charge in [0, 0.05) is 13.1 Å². The van der Waals surface area contributed by atoms with Crippen LogP contribution in [0.2, 0.25) is 0 Å². The zero-order chi connectivity index (χ0) is 14.0. The highest BCUT2D eigenvalue weighted by atomic mass is 19.1. The zero-order valence-electron chi connectivity index (χ0n) is 11.0. The van der Waals surface area contributed by atoms with E-state index in [2.05, 4.69) is 0 Å². The number of morpholine rings is 1. The van der Waals surface area contributed by atoms with Crippen LogP contribution in [0, 0.1) is 5.82 Å². The van der Waals surface area contributed by atoms with Crippen molar-refractivity contribution in [2.45, 2.75) is 32.1 Å². The Morgan fingerprint density at radius 3 is 2.63 bits per heavy atom. The van der Waals surface area contributed by atoms with Crippen molar-refractivity contribution in [2.75, 3.05) is 13.1 Å². The highest BCUT2D eigenvalue weighted by Crippen LogP contribution is 2.26. The molecule has 3 atom stereocenters. The van der Waals surface area contributed by atoms with Gasteiger partial charge in [-0.25, -0.2) is 4.39 Å². The number of ether oxygens (including phenoxy) is 1. The third kappa shape index (κ3) is 3.30. The lowest BCUT2D eigenvalue weighted by Crippen LogP contribution is -2.49. The normalized spacial score (nSPS) is 26.1. The van der Waals surface area contributed by atoms with Gasteiger partial charge >= 0.3 is 5.97 Å². The van der Waals surface area contributed by atoms with Gasteiger partial charge in [0.25, 0.3) is 0 Å². The molecule has 2 rings (SSSR count). The molecule has 0 spiro atoms. The standard InChI is InChI=1S/C14H18FNO3/c1-9-7-16(10(2)14(17)18)8-13(19-9)11-3-5-12(15)6-4-11/h3-6,9-10,13H,7-8H2,1-2H3,(H,17,18)/t9-,10-,13+/m1/s1. The predicted molar refractivity (Wildman–Crippen MR) is 68.4 cm³/mol. The Bertz CT molecular complexity index is 449. The summed E-state index contributed by atoms with van der Waals surface area (Å²) in [5.74, 6) is -1.13. The molecule has 1 fully saturated rings. The molecule has 0 saturated carbocycles. The van der Waals surface area contributed by atoms with Crippen LogP contribution in [0.25, 0.3) is 0 Å². The molecule has 1 aliphatic heterocycles.